The molecule has 1 aromatic heterocycles. The minimum absolute atomic E-state index is 0.0325. The first-order valence-electron chi connectivity index (χ1n) is 5.35. The molecule has 0 unspecified atom stereocenters. The van der Waals surface area contributed by atoms with Gasteiger partial charge in [-0.1, -0.05) is 11.3 Å². The molecule has 0 aliphatic heterocycles. The van der Waals surface area contributed by atoms with E-state index in [9.17, 15) is 18.0 Å². The topological polar surface area (TPSA) is 158 Å². The number of hydrogen-bond donors (Lipinski definition) is 3. The molecule has 0 atom stereocenters. The van der Waals surface area contributed by atoms with Gasteiger partial charge in [-0.05, 0) is 24.3 Å². The van der Waals surface area contributed by atoms with E-state index in [1.165, 1.54) is 24.3 Å². The Hall–Kier alpha value is -2.37. The van der Waals surface area contributed by atoms with E-state index in [2.05, 4.69) is 15.5 Å². The monoisotopic (exact) mass is 327 g/mol. The molecule has 0 saturated carbocycles. The number of hydrogen-bond acceptors (Lipinski definition) is 7. The van der Waals surface area contributed by atoms with E-state index in [1.807, 2.05) is 0 Å². The SMILES string of the molecule is NC(=O)c1nnc(NC(=O)c2ccc(S(N)(=O)=O)cc2)s1. The lowest BCUT2D eigenvalue weighted by Crippen LogP contribution is -2.14. The molecule has 2 rings (SSSR count). The van der Waals surface area contributed by atoms with Crippen LogP contribution in [0.5, 0.6) is 0 Å². The van der Waals surface area contributed by atoms with Crippen molar-refractivity contribution >= 4 is 38.3 Å². The minimum Gasteiger partial charge on any atom is -0.363 e. The van der Waals surface area contributed by atoms with Crippen LogP contribution in [0, 0.1) is 0 Å². The zero-order valence-corrected chi connectivity index (χ0v) is 11.9. The van der Waals surface area contributed by atoms with Gasteiger partial charge in [-0.3, -0.25) is 14.9 Å². The molecule has 1 aromatic carbocycles. The first-order valence-corrected chi connectivity index (χ1v) is 7.71. The summed E-state index contributed by atoms with van der Waals surface area (Å²) in [5.74, 6) is -1.28. The van der Waals surface area contributed by atoms with E-state index in [4.69, 9.17) is 10.9 Å². The van der Waals surface area contributed by atoms with E-state index in [0.717, 1.165) is 11.3 Å². The van der Waals surface area contributed by atoms with Gasteiger partial charge in [0.15, 0.2) is 0 Å². The third-order valence-electron chi connectivity index (χ3n) is 2.30. The number of rotatable bonds is 4. The lowest BCUT2D eigenvalue weighted by molar-refractivity contribution is 0.0997. The number of nitrogens with two attached hydrogens (primary N) is 2. The van der Waals surface area contributed by atoms with Crippen LogP contribution < -0.4 is 16.2 Å². The summed E-state index contributed by atoms with van der Waals surface area (Å²) in [6.07, 6.45) is 0. The molecule has 0 aliphatic rings. The van der Waals surface area contributed by atoms with Crippen LogP contribution in [-0.4, -0.2) is 30.4 Å². The van der Waals surface area contributed by atoms with Crippen LogP contribution in [0.2, 0.25) is 0 Å². The fourth-order valence-electron chi connectivity index (χ4n) is 1.34. The van der Waals surface area contributed by atoms with Crippen molar-refractivity contribution in [2.24, 2.45) is 10.9 Å². The smallest absolute Gasteiger partial charge is 0.279 e. The van der Waals surface area contributed by atoms with Crippen molar-refractivity contribution in [3.8, 4) is 0 Å². The predicted octanol–water partition coefficient (Wildman–Crippen LogP) is -0.463. The fourth-order valence-corrected chi connectivity index (χ4v) is 2.44. The fraction of sp³-hybridized carbons (Fsp3) is 0. The minimum atomic E-state index is -3.81. The number of benzene rings is 1. The first kappa shape index (κ1) is 15.0. The summed E-state index contributed by atoms with van der Waals surface area (Å²) in [5.41, 5.74) is 5.21. The highest BCUT2D eigenvalue weighted by Crippen LogP contribution is 2.16. The van der Waals surface area contributed by atoms with Crippen LogP contribution in [0.25, 0.3) is 0 Å². The molecular weight excluding hydrogens is 318 g/mol. The highest BCUT2D eigenvalue weighted by atomic mass is 32.2. The van der Waals surface area contributed by atoms with E-state index >= 15 is 0 Å². The molecule has 11 heteroatoms. The number of anilines is 1. The number of sulfonamides is 1. The standard InChI is InChI=1S/C10H9N5O4S2/c11-7(16)9-14-15-10(20-9)13-8(17)5-1-3-6(4-2-5)21(12,18)19/h1-4H,(H2,11,16)(H2,12,18,19)(H,13,15,17). The number of nitrogens with one attached hydrogen (secondary N) is 1. The Balaban J connectivity index is 2.14. The highest BCUT2D eigenvalue weighted by Gasteiger charge is 2.14. The molecule has 0 bridgehead atoms. The molecule has 0 aliphatic carbocycles. The number of aromatic nitrogens is 2. The maximum Gasteiger partial charge on any atom is 0.279 e. The van der Waals surface area contributed by atoms with Crippen LogP contribution >= 0.6 is 11.3 Å². The van der Waals surface area contributed by atoms with Gasteiger partial charge in [-0.2, -0.15) is 0 Å². The van der Waals surface area contributed by atoms with Gasteiger partial charge in [0, 0.05) is 5.56 Å². The van der Waals surface area contributed by atoms with Gasteiger partial charge in [-0.25, -0.2) is 13.6 Å². The molecule has 110 valence electrons. The van der Waals surface area contributed by atoms with Crippen LogP contribution in [0.15, 0.2) is 29.2 Å². The molecule has 21 heavy (non-hydrogen) atoms. The van der Waals surface area contributed by atoms with E-state index in [1.54, 1.807) is 0 Å². The lowest BCUT2D eigenvalue weighted by Gasteiger charge is -2.02. The average molecular weight is 327 g/mol. The predicted molar refractivity (Wildman–Crippen MR) is 74.2 cm³/mol. The van der Waals surface area contributed by atoms with Crippen LogP contribution in [-0.2, 0) is 10.0 Å². The van der Waals surface area contributed by atoms with Gasteiger partial charge in [0.25, 0.3) is 11.8 Å². The van der Waals surface area contributed by atoms with E-state index in [-0.39, 0.29) is 20.6 Å². The number of primary amides is 1. The molecule has 0 radical (unpaired) electrons. The molecule has 9 nitrogen and oxygen atoms in total. The normalized spacial score (nSPS) is 11.1. The number of carbonyl (C=O) groups excluding carboxylic acids is 2. The van der Waals surface area contributed by atoms with Gasteiger partial charge < -0.3 is 5.73 Å². The Bertz CT molecular complexity index is 797. The molecule has 5 N–H and O–H groups in total. The van der Waals surface area contributed by atoms with Gasteiger partial charge in [-0.15, -0.1) is 10.2 Å². The third-order valence-corrected chi connectivity index (χ3v) is 4.08. The van der Waals surface area contributed by atoms with Crippen molar-refractivity contribution in [2.45, 2.75) is 4.90 Å². The van der Waals surface area contributed by atoms with Gasteiger partial charge in [0.2, 0.25) is 20.2 Å². The van der Waals surface area contributed by atoms with Gasteiger partial charge in [0.1, 0.15) is 0 Å². The number of carbonyl (C=O) groups is 2. The largest absolute Gasteiger partial charge is 0.363 e. The van der Waals surface area contributed by atoms with Crippen molar-refractivity contribution < 1.29 is 18.0 Å². The first-order chi connectivity index (χ1) is 9.77. The summed E-state index contributed by atoms with van der Waals surface area (Å²) in [5, 5.41) is 14.5. The van der Waals surface area contributed by atoms with Crippen molar-refractivity contribution in [2.75, 3.05) is 5.32 Å². The van der Waals surface area contributed by atoms with E-state index in [0.29, 0.717) is 0 Å². The summed E-state index contributed by atoms with van der Waals surface area (Å²) in [6.45, 7) is 0. The van der Waals surface area contributed by atoms with Crippen LogP contribution in [0.3, 0.4) is 0 Å². The molecular formula is C10H9N5O4S2. The molecule has 0 saturated heterocycles. The highest BCUT2D eigenvalue weighted by molar-refractivity contribution is 7.89. The van der Waals surface area contributed by atoms with Crippen molar-refractivity contribution in [3.63, 3.8) is 0 Å². The summed E-state index contributed by atoms with van der Waals surface area (Å²) in [7, 11) is -3.81. The maximum absolute atomic E-state index is 11.9. The Morgan fingerprint density at radius 2 is 1.76 bits per heavy atom. The Kier molecular flexibility index (Phi) is 3.97. The Morgan fingerprint density at radius 3 is 2.24 bits per heavy atom. The molecule has 1 heterocycles. The lowest BCUT2D eigenvalue weighted by atomic mass is 10.2. The maximum atomic E-state index is 11.9. The van der Waals surface area contributed by atoms with Gasteiger partial charge in [0.05, 0.1) is 4.90 Å². The Labute approximate surface area is 123 Å². The number of amides is 2. The summed E-state index contributed by atoms with van der Waals surface area (Å²) >= 11 is 0.827. The molecule has 0 spiro atoms. The summed E-state index contributed by atoms with van der Waals surface area (Å²) in [6, 6.07) is 5.01. The molecule has 2 amide bonds. The second-order valence-corrected chi connectivity index (χ2v) is 6.34. The molecule has 0 fully saturated rings. The second kappa shape index (κ2) is 5.55. The quantitative estimate of drug-likeness (QED) is 0.689. The zero-order valence-electron chi connectivity index (χ0n) is 10.3. The Morgan fingerprint density at radius 1 is 1.14 bits per heavy atom. The van der Waals surface area contributed by atoms with Gasteiger partial charge >= 0.3 is 0 Å². The number of primary sulfonamides is 1. The van der Waals surface area contributed by atoms with E-state index < -0.39 is 21.8 Å². The average Bonchev–Trinajstić information content (AvgIpc) is 2.86. The van der Waals surface area contributed by atoms with Crippen molar-refractivity contribution in [1.82, 2.24) is 10.2 Å². The zero-order chi connectivity index (χ0) is 15.6. The van der Waals surface area contributed by atoms with Crippen molar-refractivity contribution in [1.29, 1.82) is 0 Å². The van der Waals surface area contributed by atoms with Crippen molar-refractivity contribution in [3.05, 3.63) is 34.8 Å². The third kappa shape index (κ3) is 3.59. The van der Waals surface area contributed by atoms with Crippen LogP contribution in [0.4, 0.5) is 5.13 Å². The second-order valence-electron chi connectivity index (χ2n) is 3.80. The summed E-state index contributed by atoms with van der Waals surface area (Å²) in [4.78, 5) is 22.6. The molecule has 2 aromatic rings. The van der Waals surface area contributed by atoms with Crippen LogP contribution in [0.1, 0.15) is 20.2 Å². The number of nitrogens with zero attached hydrogens (tertiary/aromatic N) is 2. The summed E-state index contributed by atoms with van der Waals surface area (Å²) < 4.78 is 22.2.